The Morgan fingerprint density at radius 3 is 2.78 bits per heavy atom. The lowest BCUT2D eigenvalue weighted by molar-refractivity contribution is -0.140. The number of rotatable bonds is 9. The van der Waals surface area contributed by atoms with Gasteiger partial charge in [-0.25, -0.2) is 4.98 Å². The molecule has 1 amide bonds. The van der Waals surface area contributed by atoms with Crippen LogP contribution < -0.4 is 5.32 Å². The largest absolute Gasteiger partial charge is 0.480 e. The van der Waals surface area contributed by atoms with Gasteiger partial charge in [0.15, 0.2) is 0 Å². The minimum Gasteiger partial charge on any atom is -0.480 e. The number of nitrogens with zero attached hydrogens (tertiary/aromatic N) is 3. The van der Waals surface area contributed by atoms with Crippen molar-refractivity contribution in [2.24, 2.45) is 5.92 Å². The Morgan fingerprint density at radius 2 is 2.04 bits per heavy atom. The number of aryl methyl sites for hydroxylation is 1. The molecule has 2 aliphatic carbocycles. The molecule has 0 saturated heterocycles. The highest BCUT2D eigenvalue weighted by molar-refractivity contribution is 5.77. The molecule has 0 atom stereocenters. The first kappa shape index (κ1) is 18.0. The average molecular weight is 370 g/mol. The van der Waals surface area contributed by atoms with Crippen LogP contribution in [0.15, 0.2) is 30.6 Å². The number of carboxylic acid groups (broad SMARTS) is 1. The van der Waals surface area contributed by atoms with E-state index in [4.69, 9.17) is 5.11 Å². The van der Waals surface area contributed by atoms with Crippen LogP contribution >= 0.6 is 0 Å². The Kier molecular flexibility index (Phi) is 5.11. The first-order valence-electron chi connectivity index (χ1n) is 9.73. The molecule has 2 aromatic rings. The second kappa shape index (κ2) is 7.68. The van der Waals surface area contributed by atoms with Crippen LogP contribution in [0.2, 0.25) is 0 Å². The lowest BCUT2D eigenvalue weighted by Crippen LogP contribution is -2.55. The molecule has 1 aromatic heterocycles. The molecule has 7 heteroatoms. The molecule has 1 aromatic carbocycles. The Bertz CT molecular complexity index is 823. The van der Waals surface area contributed by atoms with Gasteiger partial charge in [-0.1, -0.05) is 12.1 Å². The lowest BCUT2D eigenvalue weighted by Gasteiger charge is -2.42. The second-order valence-corrected chi connectivity index (χ2v) is 7.83. The maximum Gasteiger partial charge on any atom is 0.317 e. The van der Waals surface area contributed by atoms with Crippen LogP contribution in [-0.2, 0) is 16.1 Å². The maximum absolute atomic E-state index is 12.3. The fourth-order valence-corrected chi connectivity index (χ4v) is 3.86. The van der Waals surface area contributed by atoms with E-state index in [1.54, 1.807) is 6.33 Å². The maximum atomic E-state index is 12.3. The van der Waals surface area contributed by atoms with Crippen LogP contribution in [0.4, 0.5) is 0 Å². The molecule has 0 spiro atoms. The normalized spacial score (nSPS) is 22.0. The fraction of sp³-hybridized carbons (Fsp3) is 0.550. The topological polar surface area (TPSA) is 87.5 Å². The molecular formula is C20H26N4O3. The highest BCUT2D eigenvalue weighted by Gasteiger charge is 2.37. The summed E-state index contributed by atoms with van der Waals surface area (Å²) in [6, 6.07) is 8.34. The number of carbonyl (C=O) groups excluding carboxylic acids is 1. The number of imidazole rings is 1. The molecule has 0 bridgehead atoms. The number of amides is 1. The number of benzene rings is 1. The van der Waals surface area contributed by atoms with Gasteiger partial charge in [0.1, 0.15) is 0 Å². The van der Waals surface area contributed by atoms with Crippen molar-refractivity contribution in [3.63, 3.8) is 0 Å². The summed E-state index contributed by atoms with van der Waals surface area (Å²) in [4.78, 5) is 29.8. The zero-order valence-electron chi connectivity index (χ0n) is 15.4. The van der Waals surface area contributed by atoms with Crippen molar-refractivity contribution in [3.05, 3.63) is 30.6 Å². The van der Waals surface area contributed by atoms with Crippen molar-refractivity contribution in [2.45, 2.75) is 50.7 Å². The molecule has 4 rings (SSSR count). The summed E-state index contributed by atoms with van der Waals surface area (Å²) in [6.07, 6.45) is 6.32. The minimum absolute atomic E-state index is 0.0446. The van der Waals surface area contributed by atoms with E-state index in [1.165, 1.54) is 12.8 Å². The van der Waals surface area contributed by atoms with Gasteiger partial charge in [-0.15, -0.1) is 0 Å². The third-order valence-corrected chi connectivity index (χ3v) is 5.63. The molecule has 2 fully saturated rings. The van der Waals surface area contributed by atoms with E-state index >= 15 is 0 Å². The van der Waals surface area contributed by atoms with Crippen LogP contribution in [-0.4, -0.2) is 56.6 Å². The molecule has 2 saturated carbocycles. The number of carboxylic acids is 1. The summed E-state index contributed by atoms with van der Waals surface area (Å²) in [5.41, 5.74) is 1.98. The zero-order chi connectivity index (χ0) is 18.8. The van der Waals surface area contributed by atoms with Gasteiger partial charge in [0.25, 0.3) is 0 Å². The predicted octanol–water partition coefficient (Wildman–Crippen LogP) is 1.87. The molecule has 1 heterocycles. The van der Waals surface area contributed by atoms with E-state index in [0.717, 1.165) is 30.4 Å². The summed E-state index contributed by atoms with van der Waals surface area (Å²) in [6.45, 7) is 1.59. The Labute approximate surface area is 158 Å². The highest BCUT2D eigenvalue weighted by atomic mass is 16.4. The molecule has 7 nitrogen and oxygen atoms in total. The summed E-state index contributed by atoms with van der Waals surface area (Å²) in [5, 5.41) is 12.2. The Hall–Kier alpha value is -2.41. The molecule has 27 heavy (non-hydrogen) atoms. The van der Waals surface area contributed by atoms with Crippen molar-refractivity contribution < 1.29 is 14.7 Å². The van der Waals surface area contributed by atoms with E-state index in [2.05, 4.69) is 15.2 Å². The number of aromatic nitrogens is 2. The molecule has 2 N–H and O–H groups in total. The number of aliphatic carboxylic acids is 1. The van der Waals surface area contributed by atoms with Crippen molar-refractivity contribution >= 4 is 22.9 Å². The average Bonchev–Trinajstić information content (AvgIpc) is 3.32. The van der Waals surface area contributed by atoms with Gasteiger partial charge in [0, 0.05) is 31.6 Å². The first-order chi connectivity index (χ1) is 13.1. The quantitative estimate of drug-likeness (QED) is 0.704. The van der Waals surface area contributed by atoms with E-state index < -0.39 is 5.97 Å². The van der Waals surface area contributed by atoms with Crippen LogP contribution in [0, 0.1) is 5.92 Å². The first-order valence-corrected chi connectivity index (χ1v) is 9.73. The number of fused-ring (bicyclic) bond motifs is 1. The summed E-state index contributed by atoms with van der Waals surface area (Å²) >= 11 is 0. The van der Waals surface area contributed by atoms with Gasteiger partial charge < -0.3 is 15.0 Å². The molecular weight excluding hydrogens is 344 g/mol. The van der Waals surface area contributed by atoms with Gasteiger partial charge in [-0.3, -0.25) is 14.5 Å². The van der Waals surface area contributed by atoms with Crippen molar-refractivity contribution in [2.75, 3.05) is 13.1 Å². The van der Waals surface area contributed by atoms with Gasteiger partial charge >= 0.3 is 5.97 Å². The van der Waals surface area contributed by atoms with Crippen LogP contribution in [0.25, 0.3) is 11.0 Å². The van der Waals surface area contributed by atoms with Gasteiger partial charge in [-0.05, 0) is 43.7 Å². The summed E-state index contributed by atoms with van der Waals surface area (Å²) < 4.78 is 2.00. The van der Waals surface area contributed by atoms with Crippen molar-refractivity contribution in [3.8, 4) is 0 Å². The number of carbonyl (C=O) groups is 2. The van der Waals surface area contributed by atoms with Crippen LogP contribution in [0.5, 0.6) is 0 Å². The Balaban J connectivity index is 1.22. The smallest absolute Gasteiger partial charge is 0.317 e. The van der Waals surface area contributed by atoms with Crippen molar-refractivity contribution in [1.82, 2.24) is 19.8 Å². The molecule has 0 radical (unpaired) electrons. The minimum atomic E-state index is -0.768. The van der Waals surface area contributed by atoms with E-state index in [-0.39, 0.29) is 24.5 Å². The van der Waals surface area contributed by atoms with Gasteiger partial charge in [0.2, 0.25) is 5.91 Å². The van der Waals surface area contributed by atoms with Gasteiger partial charge in [-0.2, -0.15) is 0 Å². The summed E-state index contributed by atoms with van der Waals surface area (Å²) in [7, 11) is 0. The van der Waals surface area contributed by atoms with E-state index in [9.17, 15) is 9.59 Å². The molecule has 0 unspecified atom stereocenters. The fourth-order valence-electron chi connectivity index (χ4n) is 3.86. The number of hydrogen-bond acceptors (Lipinski definition) is 4. The lowest BCUT2D eigenvalue weighted by atomic mass is 9.85. The van der Waals surface area contributed by atoms with Crippen LogP contribution in [0.1, 0.15) is 32.1 Å². The molecule has 2 aliphatic rings. The highest BCUT2D eigenvalue weighted by Crippen LogP contribution is 2.33. The third kappa shape index (κ3) is 4.47. The zero-order valence-corrected chi connectivity index (χ0v) is 15.4. The monoisotopic (exact) mass is 370 g/mol. The predicted molar refractivity (Wildman–Crippen MR) is 101 cm³/mol. The van der Waals surface area contributed by atoms with Crippen LogP contribution in [0.3, 0.4) is 0 Å². The SMILES string of the molecule is O=C(O)CN(CC1CC1)C1CC(NC(=O)CCn2cnc3ccccc32)C1. The van der Waals surface area contributed by atoms with E-state index in [1.807, 2.05) is 28.8 Å². The number of para-hydroxylation sites is 2. The van der Waals surface area contributed by atoms with Crippen molar-refractivity contribution in [1.29, 1.82) is 0 Å². The second-order valence-electron chi connectivity index (χ2n) is 7.83. The summed E-state index contributed by atoms with van der Waals surface area (Å²) in [5.74, 6) is -0.0538. The standard InChI is InChI=1S/C20H26N4O3/c25-19(7-8-23-13-21-17-3-1-2-4-18(17)23)22-15-9-16(10-15)24(12-20(26)27)11-14-5-6-14/h1-4,13-16H,5-12H2,(H,22,25)(H,26,27). The molecule has 0 aliphatic heterocycles. The number of hydrogen-bond donors (Lipinski definition) is 2. The molecule has 144 valence electrons. The Morgan fingerprint density at radius 1 is 1.26 bits per heavy atom. The number of nitrogens with one attached hydrogen (secondary N) is 1. The third-order valence-electron chi connectivity index (χ3n) is 5.63. The van der Waals surface area contributed by atoms with E-state index in [0.29, 0.717) is 18.9 Å². The van der Waals surface area contributed by atoms with Gasteiger partial charge in [0.05, 0.1) is 23.9 Å².